The number of aromatic nitrogens is 1. The molecule has 0 aliphatic rings. The highest BCUT2D eigenvalue weighted by Gasteiger charge is 2.19. The molecule has 0 fully saturated rings. The molecule has 1 N–H and O–H groups in total. The summed E-state index contributed by atoms with van der Waals surface area (Å²) >= 11 is 3.47. The predicted octanol–water partition coefficient (Wildman–Crippen LogP) is 4.05. The summed E-state index contributed by atoms with van der Waals surface area (Å²) in [5, 5.41) is 11.7. The summed E-state index contributed by atoms with van der Waals surface area (Å²) in [4.78, 5) is 26.5. The van der Waals surface area contributed by atoms with Crippen molar-refractivity contribution in [2.24, 2.45) is 0 Å². The molecule has 3 aromatic rings. The number of pyridine rings is 1. The average molecular weight is 476 g/mol. The minimum Gasteiger partial charge on any atom is -0.468 e. The van der Waals surface area contributed by atoms with E-state index < -0.39 is 35.6 Å². The molecule has 0 atom stereocenters. The molecule has 9 heteroatoms. The Morgan fingerprint density at radius 2 is 1.90 bits per heavy atom. The van der Waals surface area contributed by atoms with E-state index in [1.165, 1.54) is 10.9 Å². The molecule has 154 valence electrons. The van der Waals surface area contributed by atoms with Gasteiger partial charge in [0.25, 0.3) is 5.91 Å². The van der Waals surface area contributed by atoms with Crippen LogP contribution in [0, 0.1) is 29.9 Å². The predicted molar refractivity (Wildman–Crippen MR) is 110 cm³/mol. The summed E-state index contributed by atoms with van der Waals surface area (Å²) < 4.78 is 32.1. The van der Waals surface area contributed by atoms with E-state index in [4.69, 9.17) is 5.26 Å². The Bertz CT molecular complexity index is 1080. The van der Waals surface area contributed by atoms with Crippen molar-refractivity contribution < 1.29 is 23.1 Å². The number of nitrogens with zero attached hydrogens (tertiary/aromatic N) is 2. The Hall–Kier alpha value is -3.38. The second-order valence-electron chi connectivity index (χ2n) is 5.95. The molecule has 0 saturated carbocycles. The number of nitrogens with one attached hydrogen (secondary N) is 1. The number of aryl methyl sites for hydroxylation is 1. The Kier molecular flexibility index (Phi) is 7.95. The lowest BCUT2D eigenvalue weighted by molar-refractivity contribution is -0.139. The van der Waals surface area contributed by atoms with Gasteiger partial charge in [0.1, 0.15) is 23.7 Å². The number of hydrogen-bond donors (Lipinski definition) is 1. The smallest absolute Gasteiger partial charge is 0.325 e. The number of nitriles is 1. The Balaban J connectivity index is 0.000000230. The minimum atomic E-state index is -1.17. The summed E-state index contributed by atoms with van der Waals surface area (Å²) in [6.07, 6.45) is 1.81. The number of methoxy groups -OCH3 is 1. The lowest BCUT2D eigenvalue weighted by Gasteiger charge is -2.06. The number of esters is 1. The summed E-state index contributed by atoms with van der Waals surface area (Å²) in [5.74, 6) is -4.19. The quantitative estimate of drug-likeness (QED) is 0.577. The summed E-state index contributed by atoms with van der Waals surface area (Å²) in [6, 6.07) is 11.2. The van der Waals surface area contributed by atoms with Gasteiger partial charge in [-0.25, -0.2) is 8.78 Å². The molecule has 1 heterocycles. The van der Waals surface area contributed by atoms with Crippen molar-refractivity contribution in [3.05, 3.63) is 75.4 Å². The number of benzene rings is 2. The third kappa shape index (κ3) is 5.58. The number of carbonyl (C=O) groups is 2. The second kappa shape index (κ2) is 10.4. The number of hydrogen-bond acceptors (Lipinski definition) is 5. The molecule has 1 aromatic heterocycles. The Labute approximate surface area is 179 Å². The van der Waals surface area contributed by atoms with Crippen LogP contribution in [0.2, 0.25) is 0 Å². The first kappa shape index (κ1) is 22.9. The van der Waals surface area contributed by atoms with Crippen LogP contribution in [0.25, 0.3) is 10.9 Å². The third-order valence-corrected chi connectivity index (χ3v) is 4.60. The molecule has 1 amide bonds. The van der Waals surface area contributed by atoms with Crippen LogP contribution in [0.3, 0.4) is 0 Å². The van der Waals surface area contributed by atoms with Crippen LogP contribution in [0.15, 0.2) is 47.1 Å². The van der Waals surface area contributed by atoms with Gasteiger partial charge in [0.2, 0.25) is 0 Å². The second-order valence-corrected chi connectivity index (χ2v) is 6.80. The van der Waals surface area contributed by atoms with Crippen LogP contribution in [0.1, 0.15) is 21.5 Å². The maximum absolute atomic E-state index is 13.4. The van der Waals surface area contributed by atoms with E-state index in [-0.39, 0.29) is 5.56 Å². The topological polar surface area (TPSA) is 92.1 Å². The monoisotopic (exact) mass is 475 g/mol. The highest BCUT2D eigenvalue weighted by molar-refractivity contribution is 9.10. The Morgan fingerprint density at radius 1 is 1.23 bits per heavy atom. The fourth-order valence-corrected chi connectivity index (χ4v) is 2.90. The van der Waals surface area contributed by atoms with Gasteiger partial charge in [0.05, 0.1) is 24.3 Å². The fourth-order valence-electron chi connectivity index (χ4n) is 2.45. The summed E-state index contributed by atoms with van der Waals surface area (Å²) in [6.45, 7) is 1.59. The molecule has 0 spiro atoms. The van der Waals surface area contributed by atoms with Crippen molar-refractivity contribution in [1.29, 1.82) is 5.26 Å². The van der Waals surface area contributed by atoms with Crippen molar-refractivity contribution in [1.82, 2.24) is 10.3 Å². The van der Waals surface area contributed by atoms with Gasteiger partial charge in [0.15, 0.2) is 0 Å². The molecule has 0 aliphatic carbocycles. The van der Waals surface area contributed by atoms with E-state index in [1.807, 2.05) is 23.6 Å². The van der Waals surface area contributed by atoms with Gasteiger partial charge in [-0.15, -0.1) is 0 Å². The first-order valence-corrected chi connectivity index (χ1v) is 9.31. The Morgan fingerprint density at radius 3 is 2.47 bits per heavy atom. The van der Waals surface area contributed by atoms with Crippen LogP contribution in [0.4, 0.5) is 8.78 Å². The van der Waals surface area contributed by atoms with Crippen molar-refractivity contribution in [3.63, 3.8) is 0 Å². The van der Waals surface area contributed by atoms with Gasteiger partial charge in [-0.2, -0.15) is 5.26 Å². The van der Waals surface area contributed by atoms with Crippen LogP contribution in [0.5, 0.6) is 0 Å². The number of fused-ring (bicyclic) bond motifs is 1. The number of carbonyl (C=O) groups excluding carboxylic acids is 2. The molecule has 30 heavy (non-hydrogen) atoms. The van der Waals surface area contributed by atoms with Gasteiger partial charge in [0, 0.05) is 16.1 Å². The first-order chi connectivity index (χ1) is 14.3. The van der Waals surface area contributed by atoms with Crippen molar-refractivity contribution in [2.45, 2.75) is 6.92 Å². The fraction of sp³-hybridized carbons (Fsp3) is 0.143. The molecule has 0 aliphatic heterocycles. The zero-order chi connectivity index (χ0) is 22.3. The summed E-state index contributed by atoms with van der Waals surface area (Å²) in [7, 11) is 1.11. The minimum absolute atomic E-state index is 0.241. The lowest BCUT2D eigenvalue weighted by atomic mass is 10.1. The SMILES string of the molecule is COC(=O)CNC(=O)c1c(F)cc(C#N)cc1F.Cc1ccc(Br)c2ncccc12. The number of amides is 1. The van der Waals surface area contributed by atoms with Crippen LogP contribution in [-0.2, 0) is 9.53 Å². The van der Waals surface area contributed by atoms with E-state index >= 15 is 0 Å². The zero-order valence-electron chi connectivity index (χ0n) is 16.0. The molecule has 3 rings (SSSR count). The van der Waals surface area contributed by atoms with Gasteiger partial charge >= 0.3 is 5.97 Å². The molecular formula is C21H16BrF2N3O3. The van der Waals surface area contributed by atoms with Crippen LogP contribution < -0.4 is 5.32 Å². The lowest BCUT2D eigenvalue weighted by Crippen LogP contribution is -2.31. The largest absolute Gasteiger partial charge is 0.468 e. The first-order valence-electron chi connectivity index (χ1n) is 8.52. The standard InChI is InChI=1S/C11H8F2N2O3.C10H8BrN/c1-18-9(16)5-15-11(17)10-7(12)2-6(4-14)3-8(10)13;1-7-4-5-9(11)10-8(7)3-2-6-12-10/h2-3H,5H2,1H3,(H,15,17);2-6H,1H3. The number of ether oxygens (including phenoxy) is 1. The summed E-state index contributed by atoms with van der Waals surface area (Å²) in [5.41, 5.74) is 1.21. The normalized spacial score (nSPS) is 9.87. The number of rotatable bonds is 3. The third-order valence-electron chi connectivity index (χ3n) is 3.96. The molecule has 0 saturated heterocycles. The van der Waals surface area contributed by atoms with E-state index in [0.717, 1.165) is 29.2 Å². The van der Waals surface area contributed by atoms with Gasteiger partial charge in [-0.05, 0) is 52.7 Å². The maximum atomic E-state index is 13.4. The molecule has 0 radical (unpaired) electrons. The van der Waals surface area contributed by atoms with E-state index in [2.05, 4.69) is 44.7 Å². The molecule has 0 bridgehead atoms. The molecular weight excluding hydrogens is 460 g/mol. The van der Waals surface area contributed by atoms with Crippen molar-refractivity contribution >= 4 is 38.7 Å². The highest BCUT2D eigenvalue weighted by atomic mass is 79.9. The van der Waals surface area contributed by atoms with Gasteiger partial charge < -0.3 is 10.1 Å². The molecule has 0 unspecified atom stereocenters. The number of halogens is 3. The zero-order valence-corrected chi connectivity index (χ0v) is 17.6. The van der Waals surface area contributed by atoms with Crippen molar-refractivity contribution in [3.8, 4) is 6.07 Å². The van der Waals surface area contributed by atoms with Gasteiger partial charge in [-0.1, -0.05) is 12.1 Å². The molecule has 2 aromatic carbocycles. The van der Waals surface area contributed by atoms with Crippen LogP contribution >= 0.6 is 15.9 Å². The van der Waals surface area contributed by atoms with Crippen molar-refractivity contribution in [2.75, 3.05) is 13.7 Å². The van der Waals surface area contributed by atoms with Crippen LogP contribution in [-0.4, -0.2) is 30.5 Å². The van der Waals surface area contributed by atoms with E-state index in [0.29, 0.717) is 0 Å². The van der Waals surface area contributed by atoms with E-state index in [9.17, 15) is 18.4 Å². The highest BCUT2D eigenvalue weighted by Crippen LogP contribution is 2.23. The molecule has 6 nitrogen and oxygen atoms in total. The average Bonchev–Trinajstić information content (AvgIpc) is 2.74. The maximum Gasteiger partial charge on any atom is 0.325 e. The van der Waals surface area contributed by atoms with Gasteiger partial charge in [-0.3, -0.25) is 14.6 Å². The van der Waals surface area contributed by atoms with E-state index in [1.54, 1.807) is 6.07 Å².